The molecule has 0 heterocycles. The molecule has 21 heavy (non-hydrogen) atoms. The molecule has 122 valence electrons. The van der Waals surface area contributed by atoms with Crippen molar-refractivity contribution < 1.29 is 27.5 Å². The molecule has 8 heteroatoms. The third kappa shape index (κ3) is 7.19. The maximum Gasteiger partial charge on any atom is 0.407 e. The van der Waals surface area contributed by atoms with Gasteiger partial charge in [0.15, 0.2) is 0 Å². The lowest BCUT2D eigenvalue weighted by Crippen LogP contribution is -2.39. The number of carbonyl (C=O) groups is 2. The molecule has 1 aliphatic carbocycles. The molecule has 1 saturated carbocycles. The Labute approximate surface area is 121 Å². The Morgan fingerprint density at radius 2 is 1.81 bits per heavy atom. The van der Waals surface area contributed by atoms with Crippen LogP contribution in [0.5, 0.6) is 0 Å². The van der Waals surface area contributed by atoms with E-state index in [0.29, 0.717) is 19.3 Å². The average molecular weight is 310 g/mol. The van der Waals surface area contributed by atoms with Crippen LogP contribution < -0.4 is 10.6 Å². The van der Waals surface area contributed by atoms with Crippen molar-refractivity contribution in [2.45, 2.75) is 57.9 Å². The zero-order valence-corrected chi connectivity index (χ0v) is 12.3. The minimum absolute atomic E-state index is 0.249. The first-order valence-corrected chi connectivity index (χ1v) is 6.80. The van der Waals surface area contributed by atoms with Gasteiger partial charge in [-0.1, -0.05) is 0 Å². The lowest BCUT2D eigenvalue weighted by molar-refractivity contribution is -0.140. The van der Waals surface area contributed by atoms with Crippen LogP contribution >= 0.6 is 0 Å². The maximum absolute atomic E-state index is 12.0. The summed E-state index contributed by atoms with van der Waals surface area (Å²) in [5.74, 6) is -1.13. The first-order chi connectivity index (χ1) is 9.46. The molecule has 0 spiro atoms. The third-order valence-corrected chi connectivity index (χ3v) is 2.99. The van der Waals surface area contributed by atoms with Crippen LogP contribution in [0.2, 0.25) is 0 Å². The molecule has 0 radical (unpaired) electrons. The quantitative estimate of drug-likeness (QED) is 0.841. The van der Waals surface area contributed by atoms with Crippen LogP contribution in [0.1, 0.15) is 40.0 Å². The van der Waals surface area contributed by atoms with E-state index in [1.807, 2.05) is 5.32 Å². The largest absolute Gasteiger partial charge is 0.444 e. The Morgan fingerprint density at radius 1 is 1.19 bits per heavy atom. The molecular weight excluding hydrogens is 289 g/mol. The van der Waals surface area contributed by atoms with E-state index >= 15 is 0 Å². The summed E-state index contributed by atoms with van der Waals surface area (Å²) in [7, 11) is 0. The minimum atomic E-state index is -4.41. The highest BCUT2D eigenvalue weighted by molar-refractivity contribution is 5.79. The lowest BCUT2D eigenvalue weighted by Gasteiger charge is -2.21. The van der Waals surface area contributed by atoms with Crippen LogP contribution in [0.15, 0.2) is 0 Å². The van der Waals surface area contributed by atoms with Crippen molar-refractivity contribution in [3.8, 4) is 0 Å². The molecule has 0 aromatic rings. The van der Waals surface area contributed by atoms with Gasteiger partial charge in [0.1, 0.15) is 12.1 Å². The van der Waals surface area contributed by atoms with E-state index in [9.17, 15) is 22.8 Å². The maximum atomic E-state index is 12.0. The van der Waals surface area contributed by atoms with E-state index in [4.69, 9.17) is 4.74 Å². The molecule has 0 aromatic heterocycles. The molecule has 0 saturated heterocycles. The second-order valence-corrected chi connectivity index (χ2v) is 6.19. The van der Waals surface area contributed by atoms with Crippen molar-refractivity contribution in [1.82, 2.24) is 10.6 Å². The van der Waals surface area contributed by atoms with Gasteiger partial charge in [-0.2, -0.15) is 13.2 Å². The minimum Gasteiger partial charge on any atom is -0.444 e. The van der Waals surface area contributed by atoms with E-state index in [-0.39, 0.29) is 6.04 Å². The highest BCUT2D eigenvalue weighted by Crippen LogP contribution is 2.26. The Bertz CT molecular complexity index is 391. The molecule has 0 unspecified atom stereocenters. The van der Waals surface area contributed by atoms with Gasteiger partial charge < -0.3 is 15.4 Å². The molecular formula is C13H21F3N2O3. The summed E-state index contributed by atoms with van der Waals surface area (Å²) in [6.07, 6.45) is -3.68. The fourth-order valence-electron chi connectivity index (χ4n) is 2.16. The van der Waals surface area contributed by atoms with Crippen molar-refractivity contribution >= 4 is 12.0 Å². The van der Waals surface area contributed by atoms with Crippen molar-refractivity contribution in [2.75, 3.05) is 6.54 Å². The van der Waals surface area contributed by atoms with Crippen LogP contribution in [-0.4, -0.2) is 36.4 Å². The predicted octanol–water partition coefficient (Wildman–Crippen LogP) is 2.36. The summed E-state index contributed by atoms with van der Waals surface area (Å²) in [6, 6.07) is -0.249. The average Bonchev–Trinajstić information content (AvgIpc) is 2.70. The van der Waals surface area contributed by atoms with Crippen molar-refractivity contribution in [3.05, 3.63) is 0 Å². The monoisotopic (exact) mass is 310 g/mol. The van der Waals surface area contributed by atoms with Crippen LogP contribution in [0.4, 0.5) is 18.0 Å². The van der Waals surface area contributed by atoms with Gasteiger partial charge in [0.2, 0.25) is 5.91 Å². The van der Waals surface area contributed by atoms with Crippen molar-refractivity contribution in [1.29, 1.82) is 0 Å². The summed E-state index contributed by atoms with van der Waals surface area (Å²) in [5.41, 5.74) is -0.619. The standard InChI is InChI=1S/C13H21F3N2O3/c1-12(2,3)21-11(20)18-9-5-4-8(6-9)10(19)17-7-13(14,15)16/h8-9H,4-7H2,1-3H3,(H,17,19)(H,18,20)/t8-,9+/m0/s1. The second kappa shape index (κ2) is 6.53. The molecule has 0 aromatic carbocycles. The number of alkyl halides is 3. The number of hydrogen-bond acceptors (Lipinski definition) is 3. The Hall–Kier alpha value is -1.47. The van der Waals surface area contributed by atoms with Gasteiger partial charge in [-0.05, 0) is 40.0 Å². The van der Waals surface area contributed by atoms with Gasteiger partial charge in [-0.25, -0.2) is 4.79 Å². The van der Waals surface area contributed by atoms with Gasteiger partial charge in [0, 0.05) is 12.0 Å². The Balaban J connectivity index is 2.35. The summed E-state index contributed by atoms with van der Waals surface area (Å²) in [4.78, 5) is 23.2. The fourth-order valence-corrected chi connectivity index (χ4v) is 2.16. The number of carbonyl (C=O) groups excluding carboxylic acids is 2. The summed E-state index contributed by atoms with van der Waals surface area (Å²) >= 11 is 0. The first kappa shape index (κ1) is 17.6. The third-order valence-electron chi connectivity index (χ3n) is 2.99. The smallest absolute Gasteiger partial charge is 0.407 e. The molecule has 2 atom stereocenters. The van der Waals surface area contributed by atoms with Gasteiger partial charge in [-0.15, -0.1) is 0 Å². The van der Waals surface area contributed by atoms with E-state index in [1.165, 1.54) is 0 Å². The Kier molecular flexibility index (Phi) is 5.47. The number of hydrogen-bond donors (Lipinski definition) is 2. The lowest BCUT2D eigenvalue weighted by atomic mass is 10.1. The molecule has 2 amide bonds. The van der Waals surface area contributed by atoms with Crippen molar-refractivity contribution in [2.24, 2.45) is 5.92 Å². The number of halogens is 3. The summed E-state index contributed by atoms with van der Waals surface area (Å²) in [5, 5.41) is 4.50. The topological polar surface area (TPSA) is 67.4 Å². The van der Waals surface area contributed by atoms with Gasteiger partial charge in [-0.3, -0.25) is 4.79 Å². The molecule has 0 bridgehead atoms. The van der Waals surface area contributed by atoms with Crippen LogP contribution in [-0.2, 0) is 9.53 Å². The number of ether oxygens (including phenoxy) is 1. The normalized spacial score (nSPS) is 22.8. The number of nitrogens with one attached hydrogen (secondary N) is 2. The van der Waals surface area contributed by atoms with Gasteiger partial charge in [0.05, 0.1) is 0 Å². The second-order valence-electron chi connectivity index (χ2n) is 6.19. The number of alkyl carbamates (subject to hydrolysis) is 1. The van der Waals surface area contributed by atoms with E-state index in [0.717, 1.165) is 0 Å². The zero-order valence-electron chi connectivity index (χ0n) is 12.3. The molecule has 2 N–H and O–H groups in total. The summed E-state index contributed by atoms with van der Waals surface area (Å²) in [6.45, 7) is 3.87. The Morgan fingerprint density at radius 3 is 2.33 bits per heavy atom. The van der Waals surface area contributed by atoms with E-state index in [2.05, 4.69) is 5.32 Å². The first-order valence-electron chi connectivity index (χ1n) is 6.80. The predicted molar refractivity (Wildman–Crippen MR) is 69.6 cm³/mol. The molecule has 1 aliphatic rings. The SMILES string of the molecule is CC(C)(C)OC(=O)N[C@@H]1CC[C@H](C(=O)NCC(F)(F)F)C1. The molecule has 1 rings (SSSR count). The number of rotatable bonds is 3. The van der Waals surface area contributed by atoms with Crippen LogP contribution in [0.25, 0.3) is 0 Å². The highest BCUT2D eigenvalue weighted by atomic mass is 19.4. The van der Waals surface area contributed by atoms with E-state index < -0.39 is 36.2 Å². The number of amides is 2. The van der Waals surface area contributed by atoms with Crippen molar-refractivity contribution in [3.63, 3.8) is 0 Å². The van der Waals surface area contributed by atoms with E-state index in [1.54, 1.807) is 20.8 Å². The van der Waals surface area contributed by atoms with Crippen LogP contribution in [0, 0.1) is 5.92 Å². The molecule has 0 aliphatic heterocycles. The zero-order chi connectivity index (χ0) is 16.3. The van der Waals surface area contributed by atoms with Gasteiger partial charge in [0.25, 0.3) is 0 Å². The highest BCUT2D eigenvalue weighted by Gasteiger charge is 2.34. The molecule has 1 fully saturated rings. The van der Waals surface area contributed by atoms with Crippen LogP contribution in [0.3, 0.4) is 0 Å². The van der Waals surface area contributed by atoms with Gasteiger partial charge >= 0.3 is 12.3 Å². The summed E-state index contributed by atoms with van der Waals surface area (Å²) < 4.78 is 41.2. The molecule has 5 nitrogen and oxygen atoms in total. The fraction of sp³-hybridized carbons (Fsp3) is 0.846.